The second-order valence-corrected chi connectivity index (χ2v) is 4.98. The maximum absolute atomic E-state index is 12.3. The summed E-state index contributed by atoms with van der Waals surface area (Å²) in [7, 11) is 1.36. The van der Waals surface area contributed by atoms with Gasteiger partial charge in [0.15, 0.2) is 0 Å². The van der Waals surface area contributed by atoms with Gasteiger partial charge in [0.05, 0.1) is 18.9 Å². The van der Waals surface area contributed by atoms with Crippen LogP contribution in [0.15, 0.2) is 18.2 Å². The number of nitrogens with one attached hydrogen (secondary N) is 1. The number of benzene rings is 1. The fourth-order valence-corrected chi connectivity index (χ4v) is 3.23. The fourth-order valence-electron chi connectivity index (χ4n) is 3.23. The van der Waals surface area contributed by atoms with Crippen LogP contribution in [0.1, 0.15) is 30.4 Å². The van der Waals surface area contributed by atoms with Crippen molar-refractivity contribution in [2.45, 2.75) is 31.1 Å². The highest BCUT2D eigenvalue weighted by molar-refractivity contribution is 6.08. The molecule has 1 atom stereocenters. The van der Waals surface area contributed by atoms with Crippen molar-refractivity contribution in [2.75, 3.05) is 12.4 Å². The molecule has 0 aromatic heterocycles. The van der Waals surface area contributed by atoms with Crippen molar-refractivity contribution < 1.29 is 14.3 Å². The summed E-state index contributed by atoms with van der Waals surface area (Å²) in [4.78, 5) is 23.9. The zero-order valence-corrected chi connectivity index (χ0v) is 10.3. The van der Waals surface area contributed by atoms with Crippen LogP contribution in [0.25, 0.3) is 0 Å². The predicted molar refractivity (Wildman–Crippen MR) is 66.3 cm³/mol. The predicted octanol–water partition coefficient (Wildman–Crippen LogP) is 1.78. The van der Waals surface area contributed by atoms with E-state index in [2.05, 4.69) is 5.32 Å². The van der Waals surface area contributed by atoms with Crippen LogP contribution >= 0.6 is 0 Å². The molecule has 0 bridgehead atoms. The van der Waals surface area contributed by atoms with Crippen molar-refractivity contribution in [3.63, 3.8) is 0 Å². The third kappa shape index (κ3) is 1.38. The first-order valence-electron chi connectivity index (χ1n) is 6.18. The summed E-state index contributed by atoms with van der Waals surface area (Å²) in [6.07, 6.45) is 2.76. The minimum Gasteiger partial charge on any atom is -0.469 e. The smallest absolute Gasteiger partial charge is 0.306 e. The van der Waals surface area contributed by atoms with Gasteiger partial charge in [-0.2, -0.15) is 0 Å². The molecule has 1 aliphatic heterocycles. The summed E-state index contributed by atoms with van der Waals surface area (Å²) >= 11 is 0. The van der Waals surface area contributed by atoms with E-state index in [0.29, 0.717) is 0 Å². The van der Waals surface area contributed by atoms with E-state index in [4.69, 9.17) is 4.74 Å². The third-order valence-corrected chi connectivity index (χ3v) is 4.04. The van der Waals surface area contributed by atoms with Crippen LogP contribution in [-0.4, -0.2) is 19.0 Å². The van der Waals surface area contributed by atoms with Crippen molar-refractivity contribution in [1.29, 1.82) is 0 Å². The zero-order chi connectivity index (χ0) is 12.8. The molecule has 4 heteroatoms. The SMILES string of the molecule is COC(=O)C[C@@]12CCCc3cccc(c31)NC2=O. The van der Waals surface area contributed by atoms with Gasteiger partial charge in [-0.1, -0.05) is 12.1 Å². The van der Waals surface area contributed by atoms with Crippen LogP contribution in [0.2, 0.25) is 0 Å². The van der Waals surface area contributed by atoms with Crippen LogP contribution in [0.4, 0.5) is 5.69 Å². The second-order valence-electron chi connectivity index (χ2n) is 4.98. The Hall–Kier alpha value is -1.84. The Morgan fingerprint density at radius 1 is 1.50 bits per heavy atom. The molecule has 4 nitrogen and oxygen atoms in total. The molecule has 2 aliphatic rings. The molecule has 94 valence electrons. The fraction of sp³-hybridized carbons (Fsp3) is 0.429. The summed E-state index contributed by atoms with van der Waals surface area (Å²) in [6.45, 7) is 0. The van der Waals surface area contributed by atoms with Crippen LogP contribution in [-0.2, 0) is 26.2 Å². The van der Waals surface area contributed by atoms with Crippen LogP contribution < -0.4 is 5.32 Å². The van der Waals surface area contributed by atoms with E-state index in [1.54, 1.807) is 0 Å². The maximum atomic E-state index is 12.3. The van der Waals surface area contributed by atoms with Crippen molar-refractivity contribution in [3.8, 4) is 0 Å². The van der Waals surface area contributed by atoms with Gasteiger partial charge in [0.25, 0.3) is 0 Å². The summed E-state index contributed by atoms with van der Waals surface area (Å²) in [6, 6.07) is 5.90. The first kappa shape index (κ1) is 11.3. The average molecular weight is 245 g/mol. The monoisotopic (exact) mass is 245 g/mol. The molecule has 1 aliphatic carbocycles. The number of rotatable bonds is 2. The molecule has 18 heavy (non-hydrogen) atoms. The van der Waals surface area contributed by atoms with Gasteiger partial charge in [-0.15, -0.1) is 0 Å². The highest BCUT2D eigenvalue weighted by Crippen LogP contribution is 2.48. The van der Waals surface area contributed by atoms with E-state index in [1.807, 2.05) is 18.2 Å². The Morgan fingerprint density at radius 3 is 3.11 bits per heavy atom. The molecule has 1 amide bonds. The van der Waals surface area contributed by atoms with Crippen LogP contribution in [0.5, 0.6) is 0 Å². The van der Waals surface area contributed by atoms with E-state index in [9.17, 15) is 9.59 Å². The minimum absolute atomic E-state index is 0.0601. The molecule has 0 saturated heterocycles. The number of methoxy groups -OCH3 is 1. The lowest BCUT2D eigenvalue weighted by Crippen LogP contribution is -2.39. The molecular weight excluding hydrogens is 230 g/mol. The topological polar surface area (TPSA) is 55.4 Å². The van der Waals surface area contributed by atoms with Gasteiger partial charge in [0, 0.05) is 5.69 Å². The van der Waals surface area contributed by atoms with Gasteiger partial charge in [-0.05, 0) is 36.5 Å². The van der Waals surface area contributed by atoms with Gasteiger partial charge in [-0.3, -0.25) is 9.59 Å². The van der Waals surface area contributed by atoms with Crippen LogP contribution in [0.3, 0.4) is 0 Å². The first-order chi connectivity index (χ1) is 8.67. The lowest BCUT2D eigenvalue weighted by molar-refractivity contribution is -0.144. The lowest BCUT2D eigenvalue weighted by atomic mass is 9.69. The van der Waals surface area contributed by atoms with Crippen molar-refractivity contribution in [1.82, 2.24) is 0 Å². The number of anilines is 1. The quantitative estimate of drug-likeness (QED) is 0.808. The number of aryl methyl sites for hydroxylation is 1. The van der Waals surface area contributed by atoms with Gasteiger partial charge >= 0.3 is 5.97 Å². The summed E-state index contributed by atoms with van der Waals surface area (Å²) in [5, 5.41) is 2.90. The summed E-state index contributed by atoms with van der Waals surface area (Å²) < 4.78 is 4.75. The molecule has 0 spiro atoms. The molecule has 0 radical (unpaired) electrons. The van der Waals surface area contributed by atoms with Gasteiger partial charge < -0.3 is 10.1 Å². The number of hydrogen-bond donors (Lipinski definition) is 1. The average Bonchev–Trinajstić information content (AvgIpc) is 2.65. The summed E-state index contributed by atoms with van der Waals surface area (Å²) in [5.41, 5.74) is 2.37. The van der Waals surface area contributed by atoms with E-state index >= 15 is 0 Å². The molecule has 0 unspecified atom stereocenters. The number of carbonyl (C=O) groups is 2. The number of ether oxygens (including phenoxy) is 1. The lowest BCUT2D eigenvalue weighted by Gasteiger charge is -2.31. The van der Waals surface area contributed by atoms with E-state index in [-0.39, 0.29) is 18.3 Å². The van der Waals surface area contributed by atoms with Gasteiger partial charge in [0.1, 0.15) is 0 Å². The maximum Gasteiger partial charge on any atom is 0.306 e. The molecule has 1 heterocycles. The van der Waals surface area contributed by atoms with Crippen LogP contribution in [0, 0.1) is 0 Å². The van der Waals surface area contributed by atoms with E-state index < -0.39 is 5.41 Å². The molecule has 0 fully saturated rings. The number of hydrogen-bond acceptors (Lipinski definition) is 3. The normalized spacial score (nSPS) is 24.4. The third-order valence-electron chi connectivity index (χ3n) is 4.04. The minimum atomic E-state index is -0.697. The molecule has 1 N–H and O–H groups in total. The Morgan fingerprint density at radius 2 is 2.33 bits per heavy atom. The molecular formula is C14H15NO3. The zero-order valence-electron chi connectivity index (χ0n) is 10.3. The van der Waals surface area contributed by atoms with E-state index in [0.717, 1.165) is 30.5 Å². The molecule has 0 saturated carbocycles. The highest BCUT2D eigenvalue weighted by atomic mass is 16.5. The number of carbonyl (C=O) groups excluding carboxylic acids is 2. The Bertz CT molecular complexity index is 538. The second kappa shape index (κ2) is 3.83. The highest BCUT2D eigenvalue weighted by Gasteiger charge is 2.50. The van der Waals surface area contributed by atoms with Crippen molar-refractivity contribution >= 4 is 17.6 Å². The molecule has 1 aromatic rings. The Kier molecular flexibility index (Phi) is 2.40. The number of amides is 1. The number of esters is 1. The standard InChI is InChI=1S/C14H15NO3/c1-18-11(16)8-14-7-3-5-9-4-2-6-10(12(9)14)15-13(14)17/h2,4,6H,3,5,7-8H2,1H3,(H,15,17)/t14-/m0/s1. The van der Waals surface area contributed by atoms with Crippen molar-refractivity contribution in [3.05, 3.63) is 29.3 Å². The first-order valence-corrected chi connectivity index (χ1v) is 6.18. The molecule has 3 rings (SSSR count). The molecule has 1 aromatic carbocycles. The Labute approximate surface area is 105 Å². The van der Waals surface area contributed by atoms with Gasteiger partial charge in [-0.25, -0.2) is 0 Å². The van der Waals surface area contributed by atoms with Gasteiger partial charge in [0.2, 0.25) is 5.91 Å². The summed E-state index contributed by atoms with van der Waals surface area (Å²) in [5.74, 6) is -0.384. The van der Waals surface area contributed by atoms with E-state index in [1.165, 1.54) is 12.7 Å². The largest absolute Gasteiger partial charge is 0.469 e. The Balaban J connectivity index is 2.14. The van der Waals surface area contributed by atoms with Crippen molar-refractivity contribution in [2.24, 2.45) is 0 Å².